The third-order valence-corrected chi connectivity index (χ3v) is 3.28. The molecular formula is C12H22N2O. The summed E-state index contributed by atoms with van der Waals surface area (Å²) < 4.78 is 0. The standard InChI is InChI=1S/C12H22N2O/c1-4-14(8-10(2)3)11(15)12(9-13)6-5-7-12/h2,4-9,13H2,1,3H3. The van der Waals surface area contributed by atoms with Crippen LogP contribution in [0.4, 0.5) is 0 Å². The molecule has 0 atom stereocenters. The van der Waals surface area contributed by atoms with Gasteiger partial charge in [0.15, 0.2) is 0 Å². The van der Waals surface area contributed by atoms with E-state index in [-0.39, 0.29) is 11.3 Å². The van der Waals surface area contributed by atoms with Crippen LogP contribution in [0.3, 0.4) is 0 Å². The predicted octanol–water partition coefficient (Wildman–Crippen LogP) is 1.54. The maximum Gasteiger partial charge on any atom is 0.230 e. The fourth-order valence-electron chi connectivity index (χ4n) is 2.10. The maximum absolute atomic E-state index is 12.2. The zero-order valence-electron chi connectivity index (χ0n) is 9.88. The van der Waals surface area contributed by atoms with Gasteiger partial charge < -0.3 is 10.6 Å². The van der Waals surface area contributed by atoms with Crippen LogP contribution in [0.15, 0.2) is 12.2 Å². The molecule has 86 valence electrons. The predicted molar refractivity (Wildman–Crippen MR) is 62.4 cm³/mol. The van der Waals surface area contributed by atoms with Gasteiger partial charge in [0.25, 0.3) is 0 Å². The van der Waals surface area contributed by atoms with Gasteiger partial charge in [-0.1, -0.05) is 18.6 Å². The van der Waals surface area contributed by atoms with Gasteiger partial charge in [-0.05, 0) is 26.7 Å². The van der Waals surface area contributed by atoms with Gasteiger partial charge in [0, 0.05) is 19.6 Å². The fourth-order valence-corrected chi connectivity index (χ4v) is 2.10. The second-order valence-electron chi connectivity index (χ2n) is 4.61. The summed E-state index contributed by atoms with van der Waals surface area (Å²) in [5.74, 6) is 0.224. The first-order valence-corrected chi connectivity index (χ1v) is 5.69. The summed E-state index contributed by atoms with van der Waals surface area (Å²) >= 11 is 0. The van der Waals surface area contributed by atoms with Crippen molar-refractivity contribution in [3.63, 3.8) is 0 Å². The van der Waals surface area contributed by atoms with Gasteiger partial charge in [-0.15, -0.1) is 0 Å². The van der Waals surface area contributed by atoms with E-state index in [0.717, 1.165) is 31.4 Å². The first-order chi connectivity index (χ1) is 7.05. The molecule has 1 amide bonds. The van der Waals surface area contributed by atoms with Crippen molar-refractivity contribution < 1.29 is 4.79 Å². The summed E-state index contributed by atoms with van der Waals surface area (Å²) in [6.07, 6.45) is 3.04. The molecule has 1 fully saturated rings. The molecule has 0 aromatic heterocycles. The molecule has 1 rings (SSSR count). The number of nitrogens with zero attached hydrogens (tertiary/aromatic N) is 1. The monoisotopic (exact) mass is 210 g/mol. The van der Waals surface area contributed by atoms with E-state index in [1.807, 2.05) is 18.7 Å². The first kappa shape index (κ1) is 12.2. The lowest BCUT2D eigenvalue weighted by Gasteiger charge is -2.42. The number of rotatable bonds is 5. The SMILES string of the molecule is C=C(C)CN(CC)C(=O)C1(CN)CCC1. The van der Waals surface area contributed by atoms with Gasteiger partial charge in [0.1, 0.15) is 0 Å². The van der Waals surface area contributed by atoms with Crippen LogP contribution >= 0.6 is 0 Å². The number of likely N-dealkylation sites (N-methyl/N-ethyl adjacent to an activating group) is 1. The van der Waals surface area contributed by atoms with Crippen LogP contribution in [0.5, 0.6) is 0 Å². The molecule has 0 heterocycles. The van der Waals surface area contributed by atoms with E-state index in [2.05, 4.69) is 6.58 Å². The Kier molecular flexibility index (Phi) is 3.91. The Bertz CT molecular complexity index is 251. The zero-order chi connectivity index (χ0) is 11.5. The molecule has 0 spiro atoms. The van der Waals surface area contributed by atoms with Crippen molar-refractivity contribution in [2.24, 2.45) is 11.1 Å². The lowest BCUT2D eigenvalue weighted by atomic mass is 9.68. The maximum atomic E-state index is 12.2. The van der Waals surface area contributed by atoms with Crippen LogP contribution in [-0.4, -0.2) is 30.4 Å². The summed E-state index contributed by atoms with van der Waals surface area (Å²) in [6.45, 7) is 9.70. The minimum atomic E-state index is -0.245. The van der Waals surface area contributed by atoms with Crippen molar-refractivity contribution >= 4 is 5.91 Å². The average Bonchev–Trinajstić information content (AvgIpc) is 2.12. The smallest absolute Gasteiger partial charge is 0.230 e. The number of nitrogens with two attached hydrogens (primary N) is 1. The minimum absolute atomic E-state index is 0.224. The van der Waals surface area contributed by atoms with E-state index in [1.165, 1.54) is 0 Å². The molecule has 0 radical (unpaired) electrons. The first-order valence-electron chi connectivity index (χ1n) is 5.69. The van der Waals surface area contributed by atoms with Gasteiger partial charge in [0.2, 0.25) is 5.91 Å². The van der Waals surface area contributed by atoms with Crippen molar-refractivity contribution in [3.8, 4) is 0 Å². The Labute approximate surface area is 92.3 Å². The Morgan fingerprint density at radius 2 is 2.13 bits per heavy atom. The van der Waals surface area contributed by atoms with Gasteiger partial charge in [-0.2, -0.15) is 0 Å². The summed E-state index contributed by atoms with van der Waals surface area (Å²) in [5.41, 5.74) is 6.50. The molecule has 1 aliphatic carbocycles. The van der Waals surface area contributed by atoms with Crippen molar-refractivity contribution in [1.29, 1.82) is 0 Å². The van der Waals surface area contributed by atoms with Crippen LogP contribution in [0.1, 0.15) is 33.1 Å². The topological polar surface area (TPSA) is 46.3 Å². The van der Waals surface area contributed by atoms with Crippen molar-refractivity contribution in [2.75, 3.05) is 19.6 Å². The largest absolute Gasteiger partial charge is 0.338 e. The highest BCUT2D eigenvalue weighted by atomic mass is 16.2. The van der Waals surface area contributed by atoms with Crippen LogP contribution in [0, 0.1) is 5.41 Å². The third kappa shape index (κ3) is 2.40. The van der Waals surface area contributed by atoms with E-state index < -0.39 is 0 Å². The Balaban J connectivity index is 2.67. The normalized spacial score (nSPS) is 18.1. The quantitative estimate of drug-likeness (QED) is 0.700. The summed E-state index contributed by atoms with van der Waals surface area (Å²) in [4.78, 5) is 14.1. The van der Waals surface area contributed by atoms with Crippen LogP contribution in [0.2, 0.25) is 0 Å². The van der Waals surface area contributed by atoms with Crippen LogP contribution in [-0.2, 0) is 4.79 Å². The number of carbonyl (C=O) groups is 1. The van der Waals surface area contributed by atoms with E-state index in [9.17, 15) is 4.79 Å². The van der Waals surface area contributed by atoms with E-state index in [0.29, 0.717) is 13.1 Å². The molecular weight excluding hydrogens is 188 g/mol. The Morgan fingerprint density at radius 3 is 2.40 bits per heavy atom. The molecule has 0 unspecified atom stereocenters. The number of amides is 1. The Morgan fingerprint density at radius 1 is 1.53 bits per heavy atom. The van der Waals surface area contributed by atoms with Crippen LogP contribution < -0.4 is 5.73 Å². The van der Waals surface area contributed by atoms with E-state index in [1.54, 1.807) is 0 Å². The molecule has 0 aromatic carbocycles. The van der Waals surface area contributed by atoms with Gasteiger partial charge in [-0.3, -0.25) is 4.79 Å². The second kappa shape index (κ2) is 4.79. The summed E-state index contributed by atoms with van der Waals surface area (Å²) in [7, 11) is 0. The number of hydrogen-bond acceptors (Lipinski definition) is 2. The molecule has 3 heteroatoms. The second-order valence-corrected chi connectivity index (χ2v) is 4.61. The highest BCUT2D eigenvalue weighted by Crippen LogP contribution is 2.41. The molecule has 0 aliphatic heterocycles. The molecule has 3 nitrogen and oxygen atoms in total. The van der Waals surface area contributed by atoms with E-state index >= 15 is 0 Å². The number of carbonyl (C=O) groups excluding carboxylic acids is 1. The van der Waals surface area contributed by atoms with Crippen molar-refractivity contribution in [1.82, 2.24) is 4.90 Å². The van der Waals surface area contributed by atoms with Gasteiger partial charge >= 0.3 is 0 Å². The summed E-state index contributed by atoms with van der Waals surface area (Å²) in [5, 5.41) is 0. The lowest BCUT2D eigenvalue weighted by Crippen LogP contribution is -2.52. The van der Waals surface area contributed by atoms with Gasteiger partial charge in [-0.25, -0.2) is 0 Å². The minimum Gasteiger partial charge on any atom is -0.338 e. The van der Waals surface area contributed by atoms with Gasteiger partial charge in [0.05, 0.1) is 5.41 Å². The highest BCUT2D eigenvalue weighted by Gasteiger charge is 2.44. The Hall–Kier alpha value is -0.830. The van der Waals surface area contributed by atoms with Crippen LogP contribution in [0.25, 0.3) is 0 Å². The molecule has 0 saturated heterocycles. The van der Waals surface area contributed by atoms with Crippen molar-refractivity contribution in [2.45, 2.75) is 33.1 Å². The average molecular weight is 210 g/mol. The highest BCUT2D eigenvalue weighted by molar-refractivity contribution is 5.84. The van der Waals surface area contributed by atoms with Crippen molar-refractivity contribution in [3.05, 3.63) is 12.2 Å². The number of hydrogen-bond donors (Lipinski definition) is 1. The molecule has 1 saturated carbocycles. The van der Waals surface area contributed by atoms with E-state index in [4.69, 9.17) is 5.73 Å². The lowest BCUT2D eigenvalue weighted by molar-refractivity contribution is -0.146. The molecule has 15 heavy (non-hydrogen) atoms. The zero-order valence-corrected chi connectivity index (χ0v) is 9.88. The fraction of sp³-hybridized carbons (Fsp3) is 0.750. The third-order valence-electron chi connectivity index (χ3n) is 3.28. The molecule has 1 aliphatic rings. The molecule has 0 bridgehead atoms. The molecule has 0 aromatic rings. The summed E-state index contributed by atoms with van der Waals surface area (Å²) in [6, 6.07) is 0. The molecule has 2 N–H and O–H groups in total.